The summed E-state index contributed by atoms with van der Waals surface area (Å²) < 4.78 is 5.70. The van der Waals surface area contributed by atoms with Gasteiger partial charge < -0.3 is 20.5 Å². The van der Waals surface area contributed by atoms with Gasteiger partial charge >= 0.3 is 12.0 Å². The Balaban J connectivity index is 1.72. The second kappa shape index (κ2) is 7.99. The van der Waals surface area contributed by atoms with E-state index in [9.17, 15) is 9.59 Å². The molecule has 0 aromatic carbocycles. The molecule has 2 amide bonds. The van der Waals surface area contributed by atoms with Crippen LogP contribution in [0.1, 0.15) is 58.3 Å². The van der Waals surface area contributed by atoms with Gasteiger partial charge in [-0.15, -0.1) is 0 Å². The lowest BCUT2D eigenvalue weighted by molar-refractivity contribution is -0.142. The van der Waals surface area contributed by atoms with Gasteiger partial charge in [0, 0.05) is 19.7 Å². The maximum atomic E-state index is 12.1. The highest BCUT2D eigenvalue weighted by molar-refractivity contribution is 5.74. The van der Waals surface area contributed by atoms with Crippen molar-refractivity contribution in [1.29, 1.82) is 0 Å². The molecule has 0 bridgehead atoms. The predicted molar refractivity (Wildman–Crippen MR) is 87.3 cm³/mol. The van der Waals surface area contributed by atoms with Crippen LogP contribution < -0.4 is 10.6 Å². The quantitative estimate of drug-likeness (QED) is 0.724. The molecule has 3 N–H and O–H groups in total. The number of carbonyl (C=O) groups excluding carboxylic acids is 1. The maximum Gasteiger partial charge on any atom is 0.315 e. The van der Waals surface area contributed by atoms with E-state index in [1.807, 2.05) is 0 Å². The fraction of sp³-hybridized carbons (Fsp3) is 0.882. The molecule has 0 unspecified atom stereocenters. The summed E-state index contributed by atoms with van der Waals surface area (Å²) in [5, 5.41) is 14.9. The molecule has 0 spiro atoms. The number of hydrogen-bond donors (Lipinski definition) is 3. The van der Waals surface area contributed by atoms with Gasteiger partial charge in [0.25, 0.3) is 0 Å². The van der Waals surface area contributed by atoms with Crippen molar-refractivity contribution in [2.45, 2.75) is 69.9 Å². The van der Waals surface area contributed by atoms with Gasteiger partial charge in [0.1, 0.15) is 0 Å². The number of carboxylic acids is 1. The topological polar surface area (TPSA) is 87.7 Å². The number of hydrogen-bond acceptors (Lipinski definition) is 3. The average Bonchev–Trinajstić information content (AvgIpc) is 2.55. The van der Waals surface area contributed by atoms with E-state index in [0.717, 1.165) is 44.4 Å². The third-order valence-electron chi connectivity index (χ3n) is 5.60. The Morgan fingerprint density at radius 2 is 1.74 bits per heavy atom. The summed E-state index contributed by atoms with van der Waals surface area (Å²) in [6.07, 6.45) is 6.98. The Bertz CT molecular complexity index is 411. The number of carbonyl (C=O) groups is 2. The van der Waals surface area contributed by atoms with Crippen molar-refractivity contribution < 1.29 is 19.4 Å². The van der Waals surface area contributed by atoms with Crippen molar-refractivity contribution in [1.82, 2.24) is 10.6 Å². The van der Waals surface area contributed by atoms with Crippen LogP contribution in [0.15, 0.2) is 0 Å². The largest absolute Gasteiger partial charge is 0.481 e. The van der Waals surface area contributed by atoms with Gasteiger partial charge in [0.2, 0.25) is 0 Å². The Labute approximate surface area is 138 Å². The molecule has 0 atom stereocenters. The van der Waals surface area contributed by atoms with Crippen LogP contribution in [-0.4, -0.2) is 42.4 Å². The van der Waals surface area contributed by atoms with E-state index in [4.69, 9.17) is 9.84 Å². The number of amides is 2. The zero-order chi connectivity index (χ0) is 16.9. The second-order valence-electron chi connectivity index (χ2n) is 7.28. The number of nitrogens with one attached hydrogen (secondary N) is 2. The molecule has 132 valence electrons. The summed E-state index contributed by atoms with van der Waals surface area (Å²) >= 11 is 0. The molecule has 2 saturated carbocycles. The summed E-state index contributed by atoms with van der Waals surface area (Å²) in [7, 11) is 1.72. The first-order valence-corrected chi connectivity index (χ1v) is 8.76. The molecule has 0 aromatic heterocycles. The van der Waals surface area contributed by atoms with E-state index in [1.54, 1.807) is 7.11 Å². The van der Waals surface area contributed by atoms with E-state index in [-0.39, 0.29) is 23.6 Å². The Morgan fingerprint density at radius 1 is 1.13 bits per heavy atom. The van der Waals surface area contributed by atoms with Gasteiger partial charge in [-0.25, -0.2) is 4.79 Å². The molecule has 2 aliphatic carbocycles. The van der Waals surface area contributed by atoms with Crippen LogP contribution in [0.5, 0.6) is 0 Å². The number of urea groups is 1. The SMILES string of the molecule is COC1(CNC(=O)NC2CCC(C(=O)O)CC2)CCC(C)CC1. The fourth-order valence-corrected chi connectivity index (χ4v) is 3.70. The summed E-state index contributed by atoms with van der Waals surface area (Å²) in [6, 6.07) is -0.0886. The molecule has 2 aliphatic rings. The van der Waals surface area contributed by atoms with Crippen molar-refractivity contribution in [3.05, 3.63) is 0 Å². The third-order valence-corrected chi connectivity index (χ3v) is 5.60. The molecule has 2 fully saturated rings. The highest BCUT2D eigenvalue weighted by Gasteiger charge is 2.34. The first-order valence-electron chi connectivity index (χ1n) is 8.76. The van der Waals surface area contributed by atoms with Crippen molar-refractivity contribution in [3.8, 4) is 0 Å². The number of carboxylic acid groups (broad SMARTS) is 1. The van der Waals surface area contributed by atoms with Crippen LogP contribution in [0.4, 0.5) is 4.79 Å². The van der Waals surface area contributed by atoms with E-state index in [0.29, 0.717) is 19.4 Å². The molecule has 0 heterocycles. The second-order valence-corrected chi connectivity index (χ2v) is 7.28. The zero-order valence-electron chi connectivity index (χ0n) is 14.3. The summed E-state index contributed by atoms with van der Waals surface area (Å²) in [4.78, 5) is 23.0. The van der Waals surface area contributed by atoms with Crippen LogP contribution in [0.3, 0.4) is 0 Å². The van der Waals surface area contributed by atoms with Gasteiger partial charge in [-0.1, -0.05) is 6.92 Å². The highest BCUT2D eigenvalue weighted by atomic mass is 16.5. The van der Waals surface area contributed by atoms with Gasteiger partial charge in [-0.2, -0.15) is 0 Å². The van der Waals surface area contributed by atoms with Crippen LogP contribution in [0.25, 0.3) is 0 Å². The van der Waals surface area contributed by atoms with Crippen LogP contribution in [-0.2, 0) is 9.53 Å². The van der Waals surface area contributed by atoms with Gasteiger partial charge in [-0.3, -0.25) is 4.79 Å². The zero-order valence-corrected chi connectivity index (χ0v) is 14.3. The number of ether oxygens (including phenoxy) is 1. The number of rotatable bonds is 5. The van der Waals surface area contributed by atoms with Crippen LogP contribution in [0, 0.1) is 11.8 Å². The minimum atomic E-state index is -0.721. The van der Waals surface area contributed by atoms with E-state index in [2.05, 4.69) is 17.6 Å². The lowest BCUT2D eigenvalue weighted by Gasteiger charge is -2.38. The van der Waals surface area contributed by atoms with Crippen molar-refractivity contribution in [2.24, 2.45) is 11.8 Å². The molecular weight excluding hydrogens is 296 g/mol. The average molecular weight is 326 g/mol. The molecule has 0 saturated heterocycles. The smallest absolute Gasteiger partial charge is 0.315 e. The number of aliphatic carboxylic acids is 1. The molecule has 2 rings (SSSR count). The van der Waals surface area contributed by atoms with E-state index >= 15 is 0 Å². The molecule has 23 heavy (non-hydrogen) atoms. The van der Waals surface area contributed by atoms with Crippen LogP contribution >= 0.6 is 0 Å². The Hall–Kier alpha value is -1.30. The van der Waals surface area contributed by atoms with Crippen molar-refractivity contribution in [2.75, 3.05) is 13.7 Å². The highest BCUT2D eigenvalue weighted by Crippen LogP contribution is 2.33. The first kappa shape index (κ1) is 18.0. The molecular formula is C17H30N2O4. The molecule has 0 radical (unpaired) electrons. The van der Waals surface area contributed by atoms with Crippen molar-refractivity contribution >= 4 is 12.0 Å². The first-order chi connectivity index (χ1) is 10.9. The fourth-order valence-electron chi connectivity index (χ4n) is 3.70. The standard InChI is InChI=1S/C17H30N2O4/c1-12-7-9-17(23-2,10-8-12)11-18-16(22)19-14-5-3-13(4-6-14)15(20)21/h12-14H,3-11H2,1-2H3,(H,20,21)(H2,18,19,22). The van der Waals surface area contributed by atoms with Crippen LogP contribution in [0.2, 0.25) is 0 Å². The molecule has 0 aliphatic heterocycles. The summed E-state index contributed by atoms with van der Waals surface area (Å²) in [5.41, 5.74) is -0.231. The van der Waals surface area contributed by atoms with Gasteiger partial charge in [0.05, 0.1) is 11.5 Å². The summed E-state index contributed by atoms with van der Waals surface area (Å²) in [6.45, 7) is 2.79. The number of methoxy groups -OCH3 is 1. The normalized spacial score (nSPS) is 34.6. The van der Waals surface area contributed by atoms with E-state index in [1.165, 1.54) is 0 Å². The minimum Gasteiger partial charge on any atom is -0.481 e. The molecule has 6 heteroatoms. The monoisotopic (exact) mass is 326 g/mol. The molecule has 0 aromatic rings. The van der Waals surface area contributed by atoms with Gasteiger partial charge in [0.15, 0.2) is 0 Å². The summed E-state index contributed by atoms with van der Waals surface area (Å²) in [5.74, 6) is -0.241. The lowest BCUT2D eigenvalue weighted by atomic mass is 9.79. The Morgan fingerprint density at radius 3 is 2.26 bits per heavy atom. The Kier molecular flexibility index (Phi) is 6.27. The maximum absolute atomic E-state index is 12.1. The van der Waals surface area contributed by atoms with E-state index < -0.39 is 5.97 Å². The minimum absolute atomic E-state index is 0.0791. The predicted octanol–water partition coefficient (Wildman–Crippen LogP) is 2.52. The third kappa shape index (κ3) is 5.09. The molecule has 6 nitrogen and oxygen atoms in total. The van der Waals surface area contributed by atoms with Gasteiger partial charge in [-0.05, 0) is 57.3 Å². The lowest BCUT2D eigenvalue weighted by Crippen LogP contribution is -2.51. The van der Waals surface area contributed by atoms with Crippen molar-refractivity contribution in [3.63, 3.8) is 0 Å².